The van der Waals surface area contributed by atoms with Gasteiger partial charge in [-0.3, -0.25) is 4.79 Å². The Balaban J connectivity index is 1.85. The number of ether oxygens (including phenoxy) is 1. The maximum atomic E-state index is 11.5. The fourth-order valence-electron chi connectivity index (χ4n) is 2.09. The van der Waals surface area contributed by atoms with Crippen LogP contribution >= 0.6 is 0 Å². The molecule has 2 rings (SSSR count). The van der Waals surface area contributed by atoms with Crippen molar-refractivity contribution >= 4 is 0 Å². The molecule has 0 saturated heterocycles. The van der Waals surface area contributed by atoms with Crippen molar-refractivity contribution in [3.8, 4) is 0 Å². The molecule has 106 valence electrons. The molecule has 4 heteroatoms. The summed E-state index contributed by atoms with van der Waals surface area (Å²) in [6, 6.07) is 13.4. The summed E-state index contributed by atoms with van der Waals surface area (Å²) in [6.07, 6.45) is 1.81. The molecule has 0 radical (unpaired) electrons. The number of nitrogens with zero attached hydrogens (tertiary/aromatic N) is 1. The largest absolute Gasteiger partial charge is 0.380 e. The van der Waals surface area contributed by atoms with Crippen LogP contribution in [0.2, 0.25) is 0 Å². The number of aromatic nitrogens is 1. The second-order valence-corrected chi connectivity index (χ2v) is 4.61. The minimum absolute atomic E-state index is 0.0362. The van der Waals surface area contributed by atoms with Gasteiger partial charge in [0.1, 0.15) is 0 Å². The zero-order chi connectivity index (χ0) is 14.2. The van der Waals surface area contributed by atoms with Gasteiger partial charge in [0.15, 0.2) is 0 Å². The first-order valence-corrected chi connectivity index (χ1v) is 6.73. The molecule has 0 saturated carbocycles. The molecule has 0 amide bonds. The zero-order valence-corrected chi connectivity index (χ0v) is 11.7. The molecule has 0 fully saturated rings. The number of nitrogens with one attached hydrogen (secondary N) is 1. The van der Waals surface area contributed by atoms with Crippen LogP contribution in [0.4, 0.5) is 0 Å². The van der Waals surface area contributed by atoms with Gasteiger partial charge in [0.25, 0.3) is 5.56 Å². The molecular formula is C16H20N2O2. The number of rotatable bonds is 7. The highest BCUT2D eigenvalue weighted by Gasteiger charge is 2.01. The monoisotopic (exact) mass is 272 g/mol. The molecule has 1 aromatic heterocycles. The summed E-state index contributed by atoms with van der Waals surface area (Å²) in [4.78, 5) is 11.5. The van der Waals surface area contributed by atoms with Gasteiger partial charge in [-0.05, 0) is 17.2 Å². The topological polar surface area (TPSA) is 43.3 Å². The fraction of sp³-hybridized carbons (Fsp3) is 0.312. The van der Waals surface area contributed by atoms with Crippen molar-refractivity contribution < 1.29 is 4.74 Å². The number of benzene rings is 1. The van der Waals surface area contributed by atoms with E-state index in [-0.39, 0.29) is 5.56 Å². The first-order valence-electron chi connectivity index (χ1n) is 6.73. The van der Waals surface area contributed by atoms with E-state index in [0.717, 1.165) is 13.1 Å². The normalized spacial score (nSPS) is 10.7. The maximum Gasteiger partial charge on any atom is 0.250 e. The quantitative estimate of drug-likeness (QED) is 0.781. The standard InChI is InChI=1S/C16H20N2O2/c1-20-13-15-7-3-2-6-14(15)12-17-9-11-18-10-5-4-8-16(18)19/h2-8,10,17H,9,11-13H2,1H3. The van der Waals surface area contributed by atoms with Crippen molar-refractivity contribution in [1.29, 1.82) is 0 Å². The summed E-state index contributed by atoms with van der Waals surface area (Å²) in [6.45, 7) is 2.83. The van der Waals surface area contributed by atoms with E-state index in [1.165, 1.54) is 11.1 Å². The Morgan fingerprint density at radius 2 is 1.85 bits per heavy atom. The third-order valence-electron chi connectivity index (χ3n) is 3.16. The van der Waals surface area contributed by atoms with Crippen LogP contribution in [0.5, 0.6) is 0 Å². The lowest BCUT2D eigenvalue weighted by Crippen LogP contribution is -2.26. The highest BCUT2D eigenvalue weighted by Crippen LogP contribution is 2.09. The summed E-state index contributed by atoms with van der Waals surface area (Å²) in [5.41, 5.74) is 2.46. The smallest absolute Gasteiger partial charge is 0.250 e. The molecule has 1 N–H and O–H groups in total. The SMILES string of the molecule is COCc1ccccc1CNCCn1ccccc1=O. The van der Waals surface area contributed by atoms with E-state index >= 15 is 0 Å². The summed E-state index contributed by atoms with van der Waals surface area (Å²) in [5.74, 6) is 0. The minimum Gasteiger partial charge on any atom is -0.380 e. The Hall–Kier alpha value is -1.91. The predicted molar refractivity (Wildman–Crippen MR) is 79.6 cm³/mol. The Morgan fingerprint density at radius 3 is 2.60 bits per heavy atom. The second-order valence-electron chi connectivity index (χ2n) is 4.61. The van der Waals surface area contributed by atoms with E-state index in [4.69, 9.17) is 4.74 Å². The predicted octanol–water partition coefficient (Wildman–Crippen LogP) is 1.78. The van der Waals surface area contributed by atoms with Crippen LogP contribution in [0, 0.1) is 0 Å². The van der Waals surface area contributed by atoms with Gasteiger partial charge in [0.2, 0.25) is 0 Å². The van der Waals surface area contributed by atoms with E-state index in [9.17, 15) is 4.79 Å². The van der Waals surface area contributed by atoms with E-state index < -0.39 is 0 Å². The van der Waals surface area contributed by atoms with Crippen LogP contribution < -0.4 is 10.9 Å². The van der Waals surface area contributed by atoms with Gasteiger partial charge in [-0.1, -0.05) is 30.3 Å². The third kappa shape index (κ3) is 4.05. The first kappa shape index (κ1) is 14.5. The molecular weight excluding hydrogens is 252 g/mol. The van der Waals surface area contributed by atoms with Crippen LogP contribution in [-0.4, -0.2) is 18.2 Å². The van der Waals surface area contributed by atoms with Gasteiger partial charge < -0.3 is 14.6 Å². The molecule has 0 aliphatic rings. The number of hydrogen-bond acceptors (Lipinski definition) is 3. The van der Waals surface area contributed by atoms with Crippen molar-refractivity contribution in [2.45, 2.75) is 19.7 Å². The van der Waals surface area contributed by atoms with Crippen molar-refractivity contribution in [2.75, 3.05) is 13.7 Å². The Labute approximate surface area is 119 Å². The molecule has 0 aliphatic heterocycles. The van der Waals surface area contributed by atoms with Gasteiger partial charge in [0.05, 0.1) is 6.61 Å². The van der Waals surface area contributed by atoms with Gasteiger partial charge in [-0.15, -0.1) is 0 Å². The van der Waals surface area contributed by atoms with E-state index in [2.05, 4.69) is 17.4 Å². The van der Waals surface area contributed by atoms with E-state index in [0.29, 0.717) is 13.2 Å². The number of methoxy groups -OCH3 is 1. The van der Waals surface area contributed by atoms with Gasteiger partial charge in [-0.25, -0.2) is 0 Å². The average molecular weight is 272 g/mol. The van der Waals surface area contributed by atoms with E-state index in [1.807, 2.05) is 24.4 Å². The summed E-state index contributed by atoms with van der Waals surface area (Å²) >= 11 is 0. The van der Waals surface area contributed by atoms with Gasteiger partial charge in [0, 0.05) is 39.0 Å². The Bertz CT molecular complexity index is 593. The summed E-state index contributed by atoms with van der Waals surface area (Å²) in [5, 5.41) is 3.36. The Kier molecular flexibility index (Phi) is 5.53. The molecule has 1 aromatic carbocycles. The summed E-state index contributed by atoms with van der Waals surface area (Å²) < 4.78 is 6.89. The van der Waals surface area contributed by atoms with Gasteiger partial charge >= 0.3 is 0 Å². The number of pyridine rings is 1. The lowest BCUT2D eigenvalue weighted by molar-refractivity contribution is 0.184. The van der Waals surface area contributed by atoms with Crippen LogP contribution in [0.3, 0.4) is 0 Å². The van der Waals surface area contributed by atoms with Crippen molar-refractivity contribution in [2.24, 2.45) is 0 Å². The van der Waals surface area contributed by atoms with Crippen molar-refractivity contribution in [3.63, 3.8) is 0 Å². The molecule has 0 atom stereocenters. The van der Waals surface area contributed by atoms with Crippen LogP contribution in [0.25, 0.3) is 0 Å². The minimum atomic E-state index is 0.0362. The third-order valence-corrected chi connectivity index (χ3v) is 3.16. The lowest BCUT2D eigenvalue weighted by atomic mass is 10.1. The fourth-order valence-corrected chi connectivity index (χ4v) is 2.09. The first-order chi connectivity index (χ1) is 9.81. The van der Waals surface area contributed by atoms with Crippen LogP contribution in [0.15, 0.2) is 53.5 Å². The molecule has 1 heterocycles. The van der Waals surface area contributed by atoms with Crippen LogP contribution in [-0.2, 0) is 24.4 Å². The Morgan fingerprint density at radius 1 is 1.10 bits per heavy atom. The molecule has 0 bridgehead atoms. The average Bonchev–Trinajstić information content (AvgIpc) is 2.47. The highest BCUT2D eigenvalue weighted by atomic mass is 16.5. The van der Waals surface area contributed by atoms with Crippen molar-refractivity contribution in [1.82, 2.24) is 9.88 Å². The molecule has 0 aliphatic carbocycles. The number of hydrogen-bond donors (Lipinski definition) is 1. The lowest BCUT2D eigenvalue weighted by Gasteiger charge is -2.10. The highest BCUT2D eigenvalue weighted by molar-refractivity contribution is 5.26. The molecule has 0 spiro atoms. The van der Waals surface area contributed by atoms with Gasteiger partial charge in [-0.2, -0.15) is 0 Å². The van der Waals surface area contributed by atoms with Crippen molar-refractivity contribution in [3.05, 3.63) is 70.1 Å². The molecule has 4 nitrogen and oxygen atoms in total. The second kappa shape index (κ2) is 7.62. The van der Waals surface area contributed by atoms with Crippen LogP contribution in [0.1, 0.15) is 11.1 Å². The zero-order valence-electron chi connectivity index (χ0n) is 11.7. The molecule has 20 heavy (non-hydrogen) atoms. The van der Waals surface area contributed by atoms with E-state index in [1.54, 1.807) is 23.8 Å². The summed E-state index contributed by atoms with van der Waals surface area (Å²) in [7, 11) is 1.70. The molecule has 2 aromatic rings. The maximum absolute atomic E-state index is 11.5. The molecule has 0 unspecified atom stereocenters.